The molecule has 0 spiro atoms. The van der Waals surface area contributed by atoms with Crippen LogP contribution < -0.4 is 19.5 Å². The molecule has 5 rings (SSSR count). The molecule has 4 aromatic rings. The maximum Gasteiger partial charge on any atom is 0.336 e. The number of fused-ring (bicyclic) bond motifs is 4. The molecule has 5 N–H and O–H groups in total. The summed E-state index contributed by atoms with van der Waals surface area (Å²) in [5.41, 5.74) is 2.00. The van der Waals surface area contributed by atoms with E-state index in [1.165, 1.54) is 18.2 Å². The standard InChI is InChI=1S/C31H28N2O9S.CH4/c34-29(26-11-9-23-16-28(26)33-43(39,40)24-3-1-2-19(14-24)18-42-23)17-32-12-13-41-22-7-4-20(5-8-22)21-6-10-25(30(35)36)27(15-21)31(37)38;/h1-11,14-16,29,32-34H,12-13,17-18H2,(H,35,36)(H,37,38);1H4. The molecule has 1 aliphatic rings. The number of carboxylic acid groups (broad SMARTS) is 2. The van der Waals surface area contributed by atoms with Gasteiger partial charge in [0, 0.05) is 24.7 Å². The lowest BCUT2D eigenvalue weighted by Crippen LogP contribution is -2.27. The molecule has 1 atom stereocenters. The number of hydrogen-bond acceptors (Lipinski definition) is 8. The molecule has 0 aromatic heterocycles. The van der Waals surface area contributed by atoms with Crippen molar-refractivity contribution in [2.45, 2.75) is 25.0 Å². The number of sulfonamides is 1. The van der Waals surface area contributed by atoms with Crippen molar-refractivity contribution in [3.8, 4) is 22.6 Å². The first-order chi connectivity index (χ1) is 20.6. The van der Waals surface area contributed by atoms with E-state index >= 15 is 0 Å². The lowest BCUT2D eigenvalue weighted by atomic mass is 9.99. The highest BCUT2D eigenvalue weighted by molar-refractivity contribution is 7.92. The minimum absolute atomic E-state index is 0. The lowest BCUT2D eigenvalue weighted by molar-refractivity contribution is 0.0651. The normalized spacial score (nSPS) is 13.8. The molecular weight excluding hydrogens is 588 g/mol. The first-order valence-electron chi connectivity index (χ1n) is 13.2. The highest BCUT2D eigenvalue weighted by atomic mass is 32.2. The summed E-state index contributed by atoms with van der Waals surface area (Å²) >= 11 is 0. The number of carboxylic acids is 2. The van der Waals surface area contributed by atoms with Gasteiger partial charge >= 0.3 is 11.9 Å². The third-order valence-electron chi connectivity index (χ3n) is 6.80. The van der Waals surface area contributed by atoms with Crippen molar-refractivity contribution in [3.63, 3.8) is 0 Å². The van der Waals surface area contributed by atoms with Gasteiger partial charge in [-0.05, 0) is 59.2 Å². The molecule has 4 bridgehead atoms. The van der Waals surface area contributed by atoms with Crippen molar-refractivity contribution in [1.82, 2.24) is 5.32 Å². The van der Waals surface area contributed by atoms with Crippen molar-refractivity contribution < 1.29 is 42.8 Å². The maximum absolute atomic E-state index is 13.0. The lowest BCUT2D eigenvalue weighted by Gasteiger charge is -2.20. The Labute approximate surface area is 254 Å². The molecule has 0 aliphatic carbocycles. The SMILES string of the molecule is C.O=C(O)c1ccc(-c2ccc(OCCNCC(O)c3ccc4cc3NS(=O)(=O)c3cccc(c3)CO4)cc2)cc1C(=O)O. The maximum atomic E-state index is 13.0. The number of benzene rings is 4. The predicted molar refractivity (Wildman–Crippen MR) is 164 cm³/mol. The average molecular weight is 621 g/mol. The van der Waals surface area contributed by atoms with Gasteiger partial charge < -0.3 is 30.1 Å². The highest BCUT2D eigenvalue weighted by Crippen LogP contribution is 2.31. The van der Waals surface area contributed by atoms with Crippen LogP contribution in [0, 0.1) is 0 Å². The van der Waals surface area contributed by atoms with Crippen LogP contribution >= 0.6 is 0 Å². The number of aliphatic hydroxyl groups excluding tert-OH is 1. The molecule has 1 unspecified atom stereocenters. The van der Waals surface area contributed by atoms with E-state index in [0.717, 1.165) is 5.56 Å². The van der Waals surface area contributed by atoms with Crippen molar-refractivity contribution >= 4 is 27.6 Å². The van der Waals surface area contributed by atoms with Gasteiger partial charge in [-0.25, -0.2) is 18.0 Å². The summed E-state index contributed by atoms with van der Waals surface area (Å²) in [5.74, 6) is -1.61. The summed E-state index contributed by atoms with van der Waals surface area (Å²) in [4.78, 5) is 22.9. The largest absolute Gasteiger partial charge is 0.492 e. The Morgan fingerprint density at radius 3 is 2.36 bits per heavy atom. The smallest absolute Gasteiger partial charge is 0.336 e. The molecule has 44 heavy (non-hydrogen) atoms. The zero-order chi connectivity index (χ0) is 30.6. The van der Waals surface area contributed by atoms with Gasteiger partial charge in [-0.1, -0.05) is 43.8 Å². The molecule has 0 radical (unpaired) electrons. The van der Waals surface area contributed by atoms with Gasteiger partial charge in [-0.3, -0.25) is 4.72 Å². The van der Waals surface area contributed by atoms with Gasteiger partial charge in [0.05, 0.1) is 27.8 Å². The Kier molecular flexibility index (Phi) is 9.89. The van der Waals surface area contributed by atoms with Crippen LogP contribution in [0.3, 0.4) is 0 Å². The second-order valence-corrected chi connectivity index (χ2v) is 11.4. The van der Waals surface area contributed by atoms with Crippen LogP contribution in [0.4, 0.5) is 5.69 Å². The van der Waals surface area contributed by atoms with Crippen molar-refractivity contribution in [3.05, 3.63) is 107 Å². The number of nitrogens with one attached hydrogen (secondary N) is 2. The van der Waals surface area contributed by atoms with E-state index in [9.17, 15) is 33.3 Å². The summed E-state index contributed by atoms with van der Waals surface area (Å²) in [5, 5.41) is 32.5. The molecule has 0 fully saturated rings. The van der Waals surface area contributed by atoms with E-state index in [-0.39, 0.29) is 48.9 Å². The molecule has 230 valence electrons. The quantitative estimate of drug-likeness (QED) is 0.155. The van der Waals surface area contributed by atoms with E-state index in [1.54, 1.807) is 66.7 Å². The Hall–Kier alpha value is -4.91. The van der Waals surface area contributed by atoms with Crippen molar-refractivity contribution in [2.75, 3.05) is 24.4 Å². The van der Waals surface area contributed by atoms with E-state index in [0.29, 0.717) is 34.7 Å². The minimum atomic E-state index is -3.87. The number of aliphatic hydroxyl groups is 1. The molecule has 4 aromatic carbocycles. The predicted octanol–water partition coefficient (Wildman–Crippen LogP) is 4.78. The number of carbonyl (C=O) groups is 2. The van der Waals surface area contributed by atoms with E-state index in [4.69, 9.17) is 9.47 Å². The fourth-order valence-corrected chi connectivity index (χ4v) is 5.75. The van der Waals surface area contributed by atoms with Crippen LogP contribution in [0.25, 0.3) is 11.1 Å². The molecule has 0 amide bonds. The van der Waals surface area contributed by atoms with Gasteiger partial charge in [0.2, 0.25) is 0 Å². The van der Waals surface area contributed by atoms with Gasteiger partial charge in [0.1, 0.15) is 24.7 Å². The van der Waals surface area contributed by atoms with Crippen LogP contribution in [0.15, 0.2) is 89.8 Å². The zero-order valence-corrected chi connectivity index (χ0v) is 23.5. The van der Waals surface area contributed by atoms with Crippen molar-refractivity contribution in [1.29, 1.82) is 0 Å². The number of rotatable bonds is 10. The van der Waals surface area contributed by atoms with Gasteiger partial charge in [0.25, 0.3) is 10.0 Å². The molecule has 12 heteroatoms. The topological polar surface area (TPSA) is 171 Å². The van der Waals surface area contributed by atoms with E-state index in [1.807, 2.05) is 0 Å². The number of aromatic carboxylic acids is 2. The second-order valence-electron chi connectivity index (χ2n) is 9.75. The summed E-state index contributed by atoms with van der Waals surface area (Å²) in [7, 11) is -3.87. The van der Waals surface area contributed by atoms with Gasteiger partial charge in [0.15, 0.2) is 0 Å². The van der Waals surface area contributed by atoms with Crippen LogP contribution in [0.2, 0.25) is 0 Å². The number of anilines is 1. The number of ether oxygens (including phenoxy) is 2. The Morgan fingerprint density at radius 2 is 1.64 bits per heavy atom. The number of hydrogen-bond donors (Lipinski definition) is 5. The molecular formula is C32H32N2O9S. The highest BCUT2D eigenvalue weighted by Gasteiger charge is 2.22. The first kappa shape index (κ1) is 32.0. The molecule has 0 saturated carbocycles. The Morgan fingerprint density at radius 1 is 0.909 bits per heavy atom. The van der Waals surface area contributed by atoms with Crippen molar-refractivity contribution in [2.24, 2.45) is 0 Å². The molecule has 1 heterocycles. The van der Waals surface area contributed by atoms with E-state index < -0.39 is 28.1 Å². The second kappa shape index (κ2) is 13.6. The fraction of sp³-hybridized carbons (Fsp3) is 0.188. The third kappa shape index (κ3) is 7.35. The minimum Gasteiger partial charge on any atom is -0.492 e. The summed E-state index contributed by atoms with van der Waals surface area (Å²) in [6, 6.07) is 22.4. The summed E-state index contributed by atoms with van der Waals surface area (Å²) in [6.07, 6.45) is -1.02. The third-order valence-corrected chi connectivity index (χ3v) is 8.16. The van der Waals surface area contributed by atoms with Gasteiger partial charge in [-0.2, -0.15) is 0 Å². The first-order valence-corrected chi connectivity index (χ1v) is 14.7. The molecule has 1 aliphatic heterocycles. The van der Waals surface area contributed by atoms with Crippen LogP contribution in [-0.4, -0.2) is 55.4 Å². The van der Waals surface area contributed by atoms with Crippen LogP contribution in [0.5, 0.6) is 11.5 Å². The van der Waals surface area contributed by atoms with Gasteiger partial charge in [-0.15, -0.1) is 0 Å². The molecule has 11 nitrogen and oxygen atoms in total. The van der Waals surface area contributed by atoms with Crippen LogP contribution in [-0.2, 0) is 16.6 Å². The Balaban J connectivity index is 0.00000442. The fourth-order valence-electron chi connectivity index (χ4n) is 4.60. The Bertz CT molecular complexity index is 1770. The summed E-state index contributed by atoms with van der Waals surface area (Å²) in [6.45, 7) is 0.989. The monoisotopic (exact) mass is 620 g/mol. The summed E-state index contributed by atoms with van der Waals surface area (Å²) < 4.78 is 40.0. The van der Waals surface area contributed by atoms with E-state index in [2.05, 4.69) is 10.0 Å². The molecule has 0 saturated heterocycles. The zero-order valence-electron chi connectivity index (χ0n) is 22.7. The average Bonchev–Trinajstić information content (AvgIpc) is 2.99. The van der Waals surface area contributed by atoms with Crippen LogP contribution in [0.1, 0.15) is 45.4 Å².